The third kappa shape index (κ3) is 5.61. The summed E-state index contributed by atoms with van der Waals surface area (Å²) in [5, 5.41) is 3.25. The fourth-order valence-electron chi connectivity index (χ4n) is 3.24. The summed E-state index contributed by atoms with van der Waals surface area (Å²) in [6.07, 6.45) is 4.90. The Labute approximate surface area is 154 Å². The van der Waals surface area contributed by atoms with E-state index in [0.29, 0.717) is 24.6 Å². The molecule has 0 saturated carbocycles. The Kier molecular flexibility index (Phi) is 7.14. The maximum absolute atomic E-state index is 12.0. The van der Waals surface area contributed by atoms with Gasteiger partial charge >= 0.3 is 5.97 Å². The van der Waals surface area contributed by atoms with E-state index >= 15 is 0 Å². The van der Waals surface area contributed by atoms with Crippen LogP contribution >= 0.6 is 10.7 Å². The summed E-state index contributed by atoms with van der Waals surface area (Å²) >= 11 is 0. The zero-order chi connectivity index (χ0) is 18.4. The van der Waals surface area contributed by atoms with Crippen LogP contribution in [0.4, 0.5) is 5.69 Å². The van der Waals surface area contributed by atoms with Gasteiger partial charge < -0.3 is 10.1 Å². The molecule has 0 bridgehead atoms. The van der Waals surface area contributed by atoms with Crippen LogP contribution in [0.25, 0.3) is 0 Å². The molecule has 140 valence electrons. The largest absolute Gasteiger partial charge is 0.466 e. The van der Waals surface area contributed by atoms with E-state index in [-0.39, 0.29) is 17.3 Å². The van der Waals surface area contributed by atoms with Crippen molar-refractivity contribution in [3.05, 3.63) is 23.3 Å². The van der Waals surface area contributed by atoms with Crippen LogP contribution in [0.5, 0.6) is 0 Å². The molecule has 5 nitrogen and oxygen atoms in total. The molecule has 1 aliphatic rings. The van der Waals surface area contributed by atoms with E-state index in [9.17, 15) is 13.2 Å². The first-order valence-electron chi connectivity index (χ1n) is 8.85. The second kappa shape index (κ2) is 8.90. The minimum absolute atomic E-state index is 0.111. The minimum Gasteiger partial charge on any atom is -0.466 e. The lowest BCUT2D eigenvalue weighted by Crippen LogP contribution is -2.24. The molecule has 1 atom stereocenters. The molecule has 1 aromatic rings. The molecule has 1 aromatic carbocycles. The summed E-state index contributed by atoms with van der Waals surface area (Å²) in [5.41, 5.74) is 2.37. The van der Waals surface area contributed by atoms with E-state index in [4.69, 9.17) is 15.4 Å². The van der Waals surface area contributed by atoms with Crippen molar-refractivity contribution in [2.75, 3.05) is 18.5 Å². The van der Waals surface area contributed by atoms with Gasteiger partial charge in [-0.3, -0.25) is 4.79 Å². The van der Waals surface area contributed by atoms with Gasteiger partial charge in [-0.25, -0.2) is 8.42 Å². The van der Waals surface area contributed by atoms with Crippen LogP contribution in [0.1, 0.15) is 50.7 Å². The number of nitrogens with one attached hydrogen (secondary N) is 1. The molecule has 0 aliphatic carbocycles. The quantitative estimate of drug-likeness (QED) is 0.541. The monoisotopic (exact) mass is 387 g/mol. The zero-order valence-electron chi connectivity index (χ0n) is 14.8. The number of anilines is 1. The van der Waals surface area contributed by atoms with Crippen molar-refractivity contribution in [1.82, 2.24) is 0 Å². The first-order valence-corrected chi connectivity index (χ1v) is 11.2. The highest BCUT2D eigenvalue weighted by Gasteiger charge is 2.26. The lowest BCUT2D eigenvalue weighted by molar-refractivity contribution is -0.143. The Morgan fingerprint density at radius 3 is 2.76 bits per heavy atom. The van der Waals surface area contributed by atoms with Crippen molar-refractivity contribution in [2.24, 2.45) is 5.92 Å². The van der Waals surface area contributed by atoms with Crippen LogP contribution in [0, 0.1) is 5.92 Å². The Balaban J connectivity index is 2.26. The maximum atomic E-state index is 12.0. The topological polar surface area (TPSA) is 72.5 Å². The van der Waals surface area contributed by atoms with Gasteiger partial charge in [0.2, 0.25) is 0 Å². The first-order chi connectivity index (χ1) is 11.8. The molecule has 0 fully saturated rings. The summed E-state index contributed by atoms with van der Waals surface area (Å²) in [4.78, 5) is 11.7. The molecule has 0 unspecified atom stereocenters. The number of unbranched alkanes of at least 4 members (excludes halogenated alkanes) is 1. The highest BCUT2D eigenvalue weighted by Crippen LogP contribution is 2.35. The second-order valence-corrected chi connectivity index (χ2v) is 9.00. The first kappa shape index (κ1) is 20.0. The average molecular weight is 388 g/mol. The standard InChI is InChI=1S/C18H26ClNO4S/c1-3-5-6-14-10-15-9-13(7-8-17(21)24-4-2)11-16(25(19,22)23)18(15)20-12-14/h9,11,14,20H,3-8,10,12H2,1-2H3/t14-/m0/s1. The third-order valence-electron chi connectivity index (χ3n) is 4.47. The summed E-state index contributed by atoms with van der Waals surface area (Å²) in [6, 6.07) is 3.56. The van der Waals surface area contributed by atoms with Crippen molar-refractivity contribution < 1.29 is 17.9 Å². The molecule has 2 rings (SSSR count). The molecule has 1 N–H and O–H groups in total. The highest BCUT2D eigenvalue weighted by molar-refractivity contribution is 8.13. The molecule has 7 heteroatoms. The number of hydrogen-bond acceptors (Lipinski definition) is 5. The van der Waals surface area contributed by atoms with Crippen molar-refractivity contribution in [3.63, 3.8) is 0 Å². The number of benzene rings is 1. The Bertz CT molecular complexity index is 718. The number of rotatable bonds is 8. The van der Waals surface area contributed by atoms with Gasteiger partial charge in [0.1, 0.15) is 4.90 Å². The molecular weight excluding hydrogens is 362 g/mol. The van der Waals surface area contributed by atoms with Gasteiger partial charge in [0.05, 0.1) is 12.3 Å². The highest BCUT2D eigenvalue weighted by atomic mass is 35.7. The lowest BCUT2D eigenvalue weighted by Gasteiger charge is -2.28. The van der Waals surface area contributed by atoms with Crippen molar-refractivity contribution >= 4 is 31.4 Å². The van der Waals surface area contributed by atoms with Crippen molar-refractivity contribution in [1.29, 1.82) is 0 Å². The van der Waals surface area contributed by atoms with E-state index in [1.54, 1.807) is 13.0 Å². The van der Waals surface area contributed by atoms with E-state index in [0.717, 1.165) is 43.4 Å². The van der Waals surface area contributed by atoms with Gasteiger partial charge in [0, 0.05) is 23.6 Å². The molecule has 1 heterocycles. The number of carbonyl (C=O) groups excluding carboxylic acids is 1. The predicted molar refractivity (Wildman–Crippen MR) is 99.6 cm³/mol. The number of hydrogen-bond donors (Lipinski definition) is 1. The van der Waals surface area contributed by atoms with Crippen LogP contribution in [0.15, 0.2) is 17.0 Å². The molecular formula is C18H26ClNO4S. The van der Waals surface area contributed by atoms with Crippen LogP contribution in [-0.4, -0.2) is 27.5 Å². The van der Waals surface area contributed by atoms with E-state index in [1.807, 2.05) is 6.07 Å². The fourth-order valence-corrected chi connectivity index (χ4v) is 4.35. The van der Waals surface area contributed by atoms with Gasteiger partial charge in [-0.05, 0) is 49.3 Å². The Morgan fingerprint density at radius 1 is 1.36 bits per heavy atom. The average Bonchev–Trinajstić information content (AvgIpc) is 2.56. The summed E-state index contributed by atoms with van der Waals surface area (Å²) < 4.78 is 28.9. The smallest absolute Gasteiger partial charge is 0.306 e. The van der Waals surface area contributed by atoms with Crippen LogP contribution in [-0.2, 0) is 31.4 Å². The summed E-state index contributed by atoms with van der Waals surface area (Å²) in [5.74, 6) is 0.202. The molecule has 25 heavy (non-hydrogen) atoms. The SMILES string of the molecule is CCCC[C@@H]1CNc2c(cc(CCC(=O)OCC)cc2S(=O)(=O)Cl)C1. The Morgan fingerprint density at radius 2 is 2.12 bits per heavy atom. The van der Waals surface area contributed by atoms with Gasteiger partial charge in [-0.2, -0.15) is 0 Å². The fraction of sp³-hybridized carbons (Fsp3) is 0.611. The van der Waals surface area contributed by atoms with Crippen molar-refractivity contribution in [2.45, 2.75) is 57.3 Å². The molecule has 0 amide bonds. The molecule has 0 saturated heterocycles. The summed E-state index contributed by atoms with van der Waals surface area (Å²) in [6.45, 7) is 5.02. The second-order valence-electron chi connectivity index (χ2n) is 6.46. The minimum atomic E-state index is -3.86. The van der Waals surface area contributed by atoms with Crippen LogP contribution in [0.3, 0.4) is 0 Å². The number of aryl methyl sites for hydroxylation is 1. The van der Waals surface area contributed by atoms with E-state index in [2.05, 4.69) is 12.2 Å². The summed E-state index contributed by atoms with van der Waals surface area (Å²) in [7, 11) is 1.78. The Hall–Kier alpha value is -1.27. The zero-order valence-corrected chi connectivity index (χ0v) is 16.4. The third-order valence-corrected chi connectivity index (χ3v) is 5.82. The normalized spacial score (nSPS) is 16.8. The maximum Gasteiger partial charge on any atom is 0.306 e. The molecule has 0 spiro atoms. The van der Waals surface area contributed by atoms with Gasteiger partial charge in [0.25, 0.3) is 9.05 Å². The number of carbonyl (C=O) groups is 1. The van der Waals surface area contributed by atoms with Gasteiger partial charge in [-0.1, -0.05) is 25.8 Å². The molecule has 0 aromatic heterocycles. The van der Waals surface area contributed by atoms with E-state index in [1.165, 1.54) is 0 Å². The number of esters is 1. The molecule has 1 aliphatic heterocycles. The van der Waals surface area contributed by atoms with Crippen LogP contribution < -0.4 is 5.32 Å². The van der Waals surface area contributed by atoms with E-state index < -0.39 is 9.05 Å². The number of fused-ring (bicyclic) bond motifs is 1. The number of ether oxygens (including phenoxy) is 1. The van der Waals surface area contributed by atoms with Crippen molar-refractivity contribution in [3.8, 4) is 0 Å². The number of halogens is 1. The lowest BCUT2D eigenvalue weighted by atomic mass is 9.89. The molecule has 0 radical (unpaired) electrons. The van der Waals surface area contributed by atoms with Crippen LogP contribution in [0.2, 0.25) is 0 Å². The van der Waals surface area contributed by atoms with Gasteiger partial charge in [0.15, 0.2) is 0 Å². The predicted octanol–water partition coefficient (Wildman–Crippen LogP) is 3.88. The van der Waals surface area contributed by atoms with Gasteiger partial charge in [-0.15, -0.1) is 0 Å².